The highest BCUT2D eigenvalue weighted by atomic mass is 32.2. The van der Waals surface area contributed by atoms with Crippen molar-refractivity contribution in [2.45, 2.75) is 24.5 Å². The molecule has 1 rings (SSSR count). The van der Waals surface area contributed by atoms with E-state index in [1.807, 2.05) is 6.92 Å². The number of hydrogen-bond donors (Lipinski definition) is 2. The van der Waals surface area contributed by atoms with Crippen LogP contribution in [0, 0.1) is 0 Å². The van der Waals surface area contributed by atoms with Crippen LogP contribution in [0.2, 0.25) is 0 Å². The first-order valence-corrected chi connectivity index (χ1v) is 6.07. The smallest absolute Gasteiger partial charge is 0.409 e. The normalized spacial score (nSPS) is 12.8. The molecule has 1 aromatic heterocycles. The molecule has 1 aromatic rings. The van der Waals surface area contributed by atoms with Crippen LogP contribution < -0.4 is 5.73 Å². The third-order valence-corrected chi connectivity index (χ3v) is 3.17. The van der Waals surface area contributed by atoms with Gasteiger partial charge in [-0.15, -0.1) is 11.8 Å². The zero-order valence-corrected chi connectivity index (χ0v) is 10.3. The van der Waals surface area contributed by atoms with E-state index in [0.717, 1.165) is 30.3 Å². The highest BCUT2D eigenvalue weighted by molar-refractivity contribution is 7.99. The Morgan fingerprint density at radius 1 is 1.50 bits per heavy atom. The van der Waals surface area contributed by atoms with Gasteiger partial charge in [0.1, 0.15) is 10.7 Å². The van der Waals surface area contributed by atoms with Gasteiger partial charge in [0.25, 0.3) is 0 Å². The van der Waals surface area contributed by atoms with Crippen molar-refractivity contribution < 1.29 is 18.4 Å². The number of oxime groups is 1. The van der Waals surface area contributed by atoms with Gasteiger partial charge in [0.15, 0.2) is 5.84 Å². The second-order valence-electron chi connectivity index (χ2n) is 3.38. The van der Waals surface area contributed by atoms with Crippen LogP contribution in [0.3, 0.4) is 0 Å². The monoisotopic (exact) mass is 279 g/mol. The summed E-state index contributed by atoms with van der Waals surface area (Å²) in [6, 6.07) is 1.96. The van der Waals surface area contributed by atoms with Gasteiger partial charge in [-0.05, 0) is 24.3 Å². The fourth-order valence-corrected chi connectivity index (χ4v) is 2.04. The van der Waals surface area contributed by atoms with E-state index in [1.165, 1.54) is 0 Å². The second-order valence-corrected chi connectivity index (χ2v) is 4.46. The Labute approximate surface area is 106 Å². The topological polar surface area (TPSA) is 71.5 Å². The van der Waals surface area contributed by atoms with E-state index in [4.69, 9.17) is 10.9 Å². The molecule has 0 amide bonds. The minimum atomic E-state index is -4.51. The molecule has 4 nitrogen and oxygen atoms in total. The average Bonchev–Trinajstić information content (AvgIpc) is 2.34. The van der Waals surface area contributed by atoms with Crippen LogP contribution in [0.25, 0.3) is 0 Å². The fourth-order valence-electron chi connectivity index (χ4n) is 1.16. The van der Waals surface area contributed by atoms with Gasteiger partial charge in [0.2, 0.25) is 0 Å². The van der Waals surface area contributed by atoms with Crippen molar-refractivity contribution in [2.24, 2.45) is 10.9 Å². The molecule has 0 unspecified atom stereocenters. The molecule has 0 aliphatic heterocycles. The molecule has 1 heterocycles. The summed E-state index contributed by atoms with van der Waals surface area (Å²) in [6.07, 6.45) is -3.73. The first-order chi connectivity index (χ1) is 8.40. The van der Waals surface area contributed by atoms with Crippen LogP contribution in [0.5, 0.6) is 0 Å². The maximum Gasteiger partial charge on any atom is 0.433 e. The third-order valence-electron chi connectivity index (χ3n) is 1.98. The van der Waals surface area contributed by atoms with E-state index >= 15 is 0 Å². The first kappa shape index (κ1) is 14.6. The van der Waals surface area contributed by atoms with Crippen molar-refractivity contribution in [1.82, 2.24) is 4.98 Å². The minimum absolute atomic E-state index is 0.113. The number of halogens is 3. The van der Waals surface area contributed by atoms with Gasteiger partial charge >= 0.3 is 6.18 Å². The van der Waals surface area contributed by atoms with Crippen LogP contribution in [-0.4, -0.2) is 21.8 Å². The molecule has 0 radical (unpaired) electrons. The summed E-state index contributed by atoms with van der Waals surface area (Å²) in [5, 5.41) is 11.5. The van der Waals surface area contributed by atoms with Crippen molar-refractivity contribution in [3.05, 3.63) is 23.4 Å². The number of nitrogens with two attached hydrogens (primary N) is 1. The largest absolute Gasteiger partial charge is 0.433 e. The lowest BCUT2D eigenvalue weighted by Crippen LogP contribution is -2.17. The number of amidine groups is 1. The summed E-state index contributed by atoms with van der Waals surface area (Å²) < 4.78 is 37.6. The molecule has 0 aliphatic carbocycles. The Morgan fingerprint density at radius 2 is 2.17 bits per heavy atom. The zero-order chi connectivity index (χ0) is 13.8. The Morgan fingerprint density at radius 3 is 2.67 bits per heavy atom. The summed E-state index contributed by atoms with van der Waals surface area (Å²) in [4.78, 5) is 3.52. The summed E-state index contributed by atoms with van der Waals surface area (Å²) in [7, 11) is 0. The van der Waals surface area contributed by atoms with Gasteiger partial charge in [-0.2, -0.15) is 13.2 Å². The number of rotatable bonds is 4. The summed E-state index contributed by atoms with van der Waals surface area (Å²) in [6.45, 7) is 1.89. The molecule has 3 N–H and O–H groups in total. The van der Waals surface area contributed by atoms with Crippen LogP contribution >= 0.6 is 11.8 Å². The molecule has 100 valence electrons. The molecule has 0 bridgehead atoms. The van der Waals surface area contributed by atoms with E-state index in [2.05, 4.69) is 10.1 Å². The standard InChI is InChI=1S/C10H12F3N3OS/c1-2-5-18-9-6(8(14)16-17)3-4-7(15-9)10(11,12)13/h3-4,17H,2,5H2,1H3,(H2,14,16). The maximum absolute atomic E-state index is 12.5. The Hall–Kier alpha value is -1.44. The third kappa shape index (κ3) is 3.52. The highest BCUT2D eigenvalue weighted by Crippen LogP contribution is 2.31. The lowest BCUT2D eigenvalue weighted by atomic mass is 10.2. The van der Waals surface area contributed by atoms with Crippen molar-refractivity contribution in [3.8, 4) is 0 Å². The number of hydrogen-bond acceptors (Lipinski definition) is 4. The predicted molar refractivity (Wildman–Crippen MR) is 62.8 cm³/mol. The van der Waals surface area contributed by atoms with Gasteiger partial charge < -0.3 is 10.9 Å². The fraction of sp³-hybridized carbons (Fsp3) is 0.400. The van der Waals surface area contributed by atoms with Crippen LogP contribution in [0.4, 0.5) is 13.2 Å². The van der Waals surface area contributed by atoms with Gasteiger partial charge in [-0.25, -0.2) is 4.98 Å². The lowest BCUT2D eigenvalue weighted by Gasteiger charge is -2.11. The molecule has 0 atom stereocenters. The molecule has 0 aliphatic rings. The SMILES string of the molecule is CCCSc1nc(C(F)(F)F)ccc1C(N)=NO. The van der Waals surface area contributed by atoms with Gasteiger partial charge in [-0.1, -0.05) is 12.1 Å². The number of nitrogens with zero attached hydrogens (tertiary/aromatic N) is 2. The average molecular weight is 279 g/mol. The Bertz CT molecular complexity index is 448. The molecule has 0 aromatic carbocycles. The molecule has 18 heavy (non-hydrogen) atoms. The number of aromatic nitrogens is 1. The molecule has 0 fully saturated rings. The summed E-state index contributed by atoms with van der Waals surface area (Å²) in [5.41, 5.74) is 4.60. The first-order valence-electron chi connectivity index (χ1n) is 5.09. The number of thioether (sulfide) groups is 1. The van der Waals surface area contributed by atoms with Crippen molar-refractivity contribution in [2.75, 3.05) is 5.75 Å². The highest BCUT2D eigenvalue weighted by Gasteiger charge is 2.33. The van der Waals surface area contributed by atoms with Crippen LogP contribution in [0.15, 0.2) is 22.3 Å². The van der Waals surface area contributed by atoms with Gasteiger partial charge in [0.05, 0.1) is 5.56 Å². The molecule has 8 heteroatoms. The van der Waals surface area contributed by atoms with Crippen LogP contribution in [0.1, 0.15) is 24.6 Å². The predicted octanol–water partition coefficient (Wildman–Crippen LogP) is 2.70. The van der Waals surface area contributed by atoms with E-state index in [1.54, 1.807) is 0 Å². The molecular formula is C10H12F3N3OS. The van der Waals surface area contributed by atoms with Crippen molar-refractivity contribution in [3.63, 3.8) is 0 Å². The molecular weight excluding hydrogens is 267 g/mol. The second kappa shape index (κ2) is 5.94. The summed E-state index contributed by atoms with van der Waals surface area (Å²) >= 11 is 1.14. The van der Waals surface area contributed by atoms with E-state index in [9.17, 15) is 13.2 Å². The van der Waals surface area contributed by atoms with Gasteiger partial charge in [-0.3, -0.25) is 0 Å². The molecule has 0 saturated heterocycles. The van der Waals surface area contributed by atoms with Gasteiger partial charge in [0, 0.05) is 0 Å². The van der Waals surface area contributed by atoms with Crippen molar-refractivity contribution >= 4 is 17.6 Å². The lowest BCUT2D eigenvalue weighted by molar-refractivity contribution is -0.141. The van der Waals surface area contributed by atoms with E-state index < -0.39 is 11.9 Å². The number of pyridine rings is 1. The van der Waals surface area contributed by atoms with Crippen molar-refractivity contribution in [1.29, 1.82) is 0 Å². The van der Waals surface area contributed by atoms with Crippen LogP contribution in [-0.2, 0) is 6.18 Å². The van der Waals surface area contributed by atoms with E-state index in [-0.39, 0.29) is 16.4 Å². The number of alkyl halides is 3. The molecule has 0 spiro atoms. The van der Waals surface area contributed by atoms with E-state index in [0.29, 0.717) is 5.75 Å². The Kier molecular flexibility index (Phi) is 4.83. The maximum atomic E-state index is 12.5. The Balaban J connectivity index is 3.20. The zero-order valence-electron chi connectivity index (χ0n) is 9.53. The minimum Gasteiger partial charge on any atom is -0.409 e. The molecule has 0 saturated carbocycles. The quantitative estimate of drug-likeness (QED) is 0.292. The summed E-state index contributed by atoms with van der Waals surface area (Å²) in [5.74, 6) is 0.342.